The molecule has 0 aromatic heterocycles. The first-order valence-corrected chi connectivity index (χ1v) is 9.22. The van der Waals surface area contributed by atoms with Gasteiger partial charge in [-0.25, -0.2) is 0 Å². The van der Waals surface area contributed by atoms with Crippen LogP contribution in [-0.2, 0) is 0 Å². The van der Waals surface area contributed by atoms with Gasteiger partial charge in [-0.15, -0.1) is 12.4 Å². The highest BCUT2D eigenvalue weighted by molar-refractivity contribution is 5.97. The highest BCUT2D eigenvalue weighted by Crippen LogP contribution is 2.13. The fourth-order valence-electron chi connectivity index (χ4n) is 2.88. The summed E-state index contributed by atoms with van der Waals surface area (Å²) in [4.78, 5) is 24.3. The highest BCUT2D eigenvalue weighted by Gasteiger charge is 2.15. The van der Waals surface area contributed by atoms with Gasteiger partial charge in [0.25, 0.3) is 11.8 Å². The number of hydrogen-bond donors (Lipinski definition) is 3. The number of benzene rings is 1. The maximum Gasteiger partial charge on any atom is 0.251 e. The quantitative estimate of drug-likeness (QED) is 0.709. The first-order chi connectivity index (χ1) is 11.8. The Bertz CT molecular complexity index is 576. The van der Waals surface area contributed by atoms with E-state index in [1.54, 1.807) is 24.3 Å². The molecule has 5 nitrogen and oxygen atoms in total. The molecule has 2 amide bonds. The lowest BCUT2D eigenvalue weighted by Gasteiger charge is -2.22. The normalized spacial score (nSPS) is 17.1. The number of carbonyl (C=O) groups excluding carboxylic acids is 2. The molecule has 1 saturated heterocycles. The Balaban J connectivity index is 0.00000338. The van der Waals surface area contributed by atoms with Gasteiger partial charge in [0.1, 0.15) is 0 Å². The van der Waals surface area contributed by atoms with E-state index in [-0.39, 0.29) is 29.6 Å². The lowest BCUT2D eigenvalue weighted by molar-refractivity contribution is 0.0932. The van der Waals surface area contributed by atoms with Crippen LogP contribution in [0.1, 0.15) is 60.7 Å². The van der Waals surface area contributed by atoms with Gasteiger partial charge in [0.15, 0.2) is 0 Å². The van der Waals surface area contributed by atoms with E-state index >= 15 is 0 Å². The van der Waals surface area contributed by atoms with E-state index in [4.69, 9.17) is 0 Å². The van der Waals surface area contributed by atoms with Gasteiger partial charge in [0.2, 0.25) is 0 Å². The highest BCUT2D eigenvalue weighted by atomic mass is 35.5. The second-order valence-electron chi connectivity index (χ2n) is 8.08. The predicted octanol–water partition coefficient (Wildman–Crippen LogP) is 3.00. The Morgan fingerprint density at radius 3 is 2.15 bits per heavy atom. The number of carbonyl (C=O) groups is 2. The molecule has 0 aliphatic carbocycles. The summed E-state index contributed by atoms with van der Waals surface area (Å²) in [5.74, 6) is 0.472. The second-order valence-corrected chi connectivity index (χ2v) is 8.08. The molecule has 1 aliphatic heterocycles. The minimum Gasteiger partial charge on any atom is -0.352 e. The minimum atomic E-state index is -0.105. The number of hydrogen-bond acceptors (Lipinski definition) is 3. The molecule has 1 atom stereocenters. The van der Waals surface area contributed by atoms with Crippen molar-refractivity contribution < 1.29 is 9.59 Å². The Hall–Kier alpha value is -1.59. The molecule has 1 aromatic carbocycles. The SMILES string of the molecule is CC(C)(C)CNC(=O)c1ccc(C(=O)NCCC2CCCNC2)cc1.Cl. The van der Waals surface area contributed by atoms with Gasteiger partial charge in [-0.1, -0.05) is 20.8 Å². The van der Waals surface area contributed by atoms with E-state index in [0.717, 1.165) is 19.5 Å². The smallest absolute Gasteiger partial charge is 0.251 e. The van der Waals surface area contributed by atoms with Gasteiger partial charge in [-0.2, -0.15) is 0 Å². The van der Waals surface area contributed by atoms with Crippen LogP contribution in [0.4, 0.5) is 0 Å². The molecule has 3 N–H and O–H groups in total. The zero-order valence-electron chi connectivity index (χ0n) is 16.1. The number of nitrogens with one attached hydrogen (secondary N) is 3. The summed E-state index contributed by atoms with van der Waals surface area (Å²) in [5.41, 5.74) is 1.21. The maximum absolute atomic E-state index is 12.2. The van der Waals surface area contributed by atoms with Gasteiger partial charge in [0, 0.05) is 24.2 Å². The topological polar surface area (TPSA) is 70.2 Å². The summed E-state index contributed by atoms with van der Waals surface area (Å²) in [5, 5.41) is 9.28. The molecule has 0 bridgehead atoms. The van der Waals surface area contributed by atoms with Gasteiger partial charge in [-0.05, 0) is 68.0 Å². The molecule has 6 heteroatoms. The lowest BCUT2D eigenvalue weighted by Crippen LogP contribution is -2.33. The third kappa shape index (κ3) is 7.75. The lowest BCUT2D eigenvalue weighted by atomic mass is 9.96. The van der Waals surface area contributed by atoms with Crippen LogP contribution in [0.3, 0.4) is 0 Å². The first kappa shape index (κ1) is 22.5. The van der Waals surface area contributed by atoms with Crippen molar-refractivity contribution in [2.24, 2.45) is 11.3 Å². The van der Waals surface area contributed by atoms with E-state index in [1.807, 2.05) is 0 Å². The van der Waals surface area contributed by atoms with E-state index in [1.165, 1.54) is 12.8 Å². The van der Waals surface area contributed by atoms with E-state index in [2.05, 4.69) is 36.7 Å². The first-order valence-electron chi connectivity index (χ1n) is 9.22. The third-order valence-electron chi connectivity index (χ3n) is 4.43. The molecular formula is C20H32ClN3O2. The molecule has 146 valence electrons. The van der Waals surface area contributed by atoms with E-state index in [9.17, 15) is 9.59 Å². The summed E-state index contributed by atoms with van der Waals surface area (Å²) in [7, 11) is 0. The Kier molecular flexibility index (Phi) is 9.09. The van der Waals surface area contributed by atoms with Crippen molar-refractivity contribution in [3.8, 4) is 0 Å². The molecule has 0 saturated carbocycles. The van der Waals surface area contributed by atoms with E-state index < -0.39 is 0 Å². The Morgan fingerprint density at radius 1 is 1.08 bits per heavy atom. The zero-order chi connectivity index (χ0) is 18.3. The fraction of sp³-hybridized carbons (Fsp3) is 0.600. The monoisotopic (exact) mass is 381 g/mol. The molecule has 1 aliphatic rings. The van der Waals surface area contributed by atoms with Gasteiger partial charge < -0.3 is 16.0 Å². The van der Waals surface area contributed by atoms with Crippen LogP contribution in [0.2, 0.25) is 0 Å². The summed E-state index contributed by atoms with van der Waals surface area (Å²) in [6.45, 7) is 9.69. The standard InChI is InChI=1S/C20H31N3O2.ClH/c1-20(2,3)14-23-19(25)17-8-6-16(7-9-17)18(24)22-12-10-15-5-4-11-21-13-15;/h6-9,15,21H,4-5,10-14H2,1-3H3,(H,22,24)(H,23,25);1H. The molecule has 0 radical (unpaired) electrons. The van der Waals surface area contributed by atoms with Crippen LogP contribution in [-0.4, -0.2) is 38.0 Å². The Morgan fingerprint density at radius 2 is 1.65 bits per heavy atom. The third-order valence-corrected chi connectivity index (χ3v) is 4.43. The fourth-order valence-corrected chi connectivity index (χ4v) is 2.88. The molecule has 1 unspecified atom stereocenters. The Labute approximate surface area is 163 Å². The second kappa shape index (κ2) is 10.5. The number of amides is 2. The molecular weight excluding hydrogens is 350 g/mol. The van der Waals surface area contributed by atoms with Crippen LogP contribution in [0.5, 0.6) is 0 Å². The van der Waals surface area contributed by atoms with E-state index in [0.29, 0.717) is 30.1 Å². The van der Waals surface area contributed by atoms with Crippen molar-refractivity contribution in [1.29, 1.82) is 0 Å². The zero-order valence-corrected chi connectivity index (χ0v) is 16.9. The van der Waals surface area contributed by atoms with Crippen LogP contribution in [0.15, 0.2) is 24.3 Å². The van der Waals surface area contributed by atoms with Gasteiger partial charge >= 0.3 is 0 Å². The molecule has 0 spiro atoms. The molecule has 2 rings (SSSR count). The number of piperidine rings is 1. The molecule has 1 aromatic rings. The summed E-state index contributed by atoms with van der Waals surface area (Å²) < 4.78 is 0. The van der Waals surface area contributed by atoms with Crippen molar-refractivity contribution >= 4 is 24.2 Å². The molecule has 26 heavy (non-hydrogen) atoms. The average Bonchev–Trinajstić information content (AvgIpc) is 2.60. The van der Waals surface area contributed by atoms with Crippen molar-refractivity contribution in [2.45, 2.75) is 40.0 Å². The van der Waals surface area contributed by atoms with Crippen molar-refractivity contribution in [3.05, 3.63) is 35.4 Å². The summed E-state index contributed by atoms with van der Waals surface area (Å²) in [6, 6.07) is 6.84. The van der Waals surface area contributed by atoms with Crippen LogP contribution in [0.25, 0.3) is 0 Å². The van der Waals surface area contributed by atoms with Crippen LogP contribution in [0, 0.1) is 11.3 Å². The number of rotatable bonds is 6. The maximum atomic E-state index is 12.2. The van der Waals surface area contributed by atoms with Crippen LogP contribution < -0.4 is 16.0 Å². The number of halogens is 1. The van der Waals surface area contributed by atoms with Crippen molar-refractivity contribution in [3.63, 3.8) is 0 Å². The average molecular weight is 382 g/mol. The van der Waals surface area contributed by atoms with Crippen LogP contribution >= 0.6 is 12.4 Å². The summed E-state index contributed by atoms with van der Waals surface area (Å²) >= 11 is 0. The van der Waals surface area contributed by atoms with Gasteiger partial charge in [0.05, 0.1) is 0 Å². The minimum absolute atomic E-state index is 0. The molecule has 1 fully saturated rings. The summed E-state index contributed by atoms with van der Waals surface area (Å²) in [6.07, 6.45) is 3.46. The predicted molar refractivity (Wildman–Crippen MR) is 108 cm³/mol. The van der Waals surface area contributed by atoms with Crippen molar-refractivity contribution in [1.82, 2.24) is 16.0 Å². The largest absolute Gasteiger partial charge is 0.352 e. The van der Waals surface area contributed by atoms with Gasteiger partial charge in [-0.3, -0.25) is 9.59 Å². The van der Waals surface area contributed by atoms with Crippen molar-refractivity contribution in [2.75, 3.05) is 26.2 Å². The molecule has 1 heterocycles.